The van der Waals surface area contributed by atoms with Gasteiger partial charge < -0.3 is 4.74 Å². The lowest BCUT2D eigenvalue weighted by atomic mass is 9.89. The monoisotopic (exact) mass is 176 g/mol. The molecule has 0 aromatic heterocycles. The maximum Gasteiger partial charge on any atom is 0.404 e. The Hall–Kier alpha value is -0.240. The van der Waals surface area contributed by atoms with Gasteiger partial charge in [-0.3, -0.25) is 0 Å². The highest BCUT2D eigenvalue weighted by Gasteiger charge is 2.20. The summed E-state index contributed by atoms with van der Waals surface area (Å²) < 4.78 is 4.87. The minimum Gasteiger partial charge on any atom is -0.450 e. The summed E-state index contributed by atoms with van der Waals surface area (Å²) in [6.45, 7) is 2.22. The molecule has 0 aromatic carbocycles. The fraction of sp³-hybridized carbons (Fsp3) is 0.875. The van der Waals surface area contributed by atoms with E-state index in [2.05, 4.69) is 6.92 Å². The molecule has 0 amide bonds. The Morgan fingerprint density at radius 1 is 1.36 bits per heavy atom. The van der Waals surface area contributed by atoms with Crippen LogP contribution in [0.2, 0.25) is 0 Å². The Labute approximate surface area is 71.9 Å². The summed E-state index contributed by atoms with van der Waals surface area (Å²) in [5.41, 5.74) is -0.662. The standard InChI is InChI=1S/C8H13ClO2/c1-6-2-4-7(5-3-6)11-8(9)10/h6-7H,2-5H2,1H3/t6-,7-. The van der Waals surface area contributed by atoms with Crippen LogP contribution in [0.3, 0.4) is 0 Å². The molecular weight excluding hydrogens is 164 g/mol. The van der Waals surface area contributed by atoms with Crippen molar-refractivity contribution in [2.75, 3.05) is 0 Å². The van der Waals surface area contributed by atoms with Gasteiger partial charge in [-0.1, -0.05) is 6.92 Å². The normalized spacial score (nSPS) is 31.5. The van der Waals surface area contributed by atoms with Crippen LogP contribution in [0.15, 0.2) is 0 Å². The second-order valence-electron chi connectivity index (χ2n) is 3.24. The first-order chi connectivity index (χ1) is 5.18. The summed E-state index contributed by atoms with van der Waals surface area (Å²) in [6.07, 6.45) is 4.32. The summed E-state index contributed by atoms with van der Waals surface area (Å²) in [4.78, 5) is 10.3. The Morgan fingerprint density at radius 3 is 2.36 bits per heavy atom. The minimum atomic E-state index is -0.662. The van der Waals surface area contributed by atoms with Gasteiger partial charge in [-0.25, -0.2) is 4.79 Å². The minimum absolute atomic E-state index is 0.0798. The van der Waals surface area contributed by atoms with E-state index < -0.39 is 5.43 Å². The second kappa shape index (κ2) is 3.96. The molecule has 2 nitrogen and oxygen atoms in total. The van der Waals surface area contributed by atoms with Crippen molar-refractivity contribution in [1.82, 2.24) is 0 Å². The van der Waals surface area contributed by atoms with Gasteiger partial charge in [0.1, 0.15) is 6.10 Å². The van der Waals surface area contributed by atoms with Crippen LogP contribution in [0.25, 0.3) is 0 Å². The van der Waals surface area contributed by atoms with Crippen LogP contribution in [0, 0.1) is 5.92 Å². The van der Waals surface area contributed by atoms with Crippen molar-refractivity contribution in [2.45, 2.75) is 38.7 Å². The molecule has 1 aliphatic carbocycles. The highest BCUT2D eigenvalue weighted by molar-refractivity contribution is 6.61. The van der Waals surface area contributed by atoms with Gasteiger partial charge in [0.25, 0.3) is 0 Å². The lowest BCUT2D eigenvalue weighted by Crippen LogP contribution is -2.21. The van der Waals surface area contributed by atoms with E-state index in [1.807, 2.05) is 0 Å². The zero-order valence-electron chi connectivity index (χ0n) is 6.68. The van der Waals surface area contributed by atoms with E-state index in [1.165, 1.54) is 0 Å². The van der Waals surface area contributed by atoms with Crippen LogP contribution in [-0.2, 0) is 4.74 Å². The molecule has 0 N–H and O–H groups in total. The molecule has 0 heterocycles. The van der Waals surface area contributed by atoms with Gasteiger partial charge in [0.05, 0.1) is 0 Å². The van der Waals surface area contributed by atoms with Crippen molar-refractivity contribution in [3.8, 4) is 0 Å². The van der Waals surface area contributed by atoms with E-state index in [0.29, 0.717) is 0 Å². The molecular formula is C8H13ClO2. The SMILES string of the molecule is C[C@H]1CC[C@H](OC(=O)Cl)CC1. The quantitative estimate of drug-likeness (QED) is 0.575. The van der Waals surface area contributed by atoms with Crippen LogP contribution in [0.5, 0.6) is 0 Å². The average Bonchev–Trinajstić information content (AvgIpc) is 1.93. The first-order valence-corrected chi connectivity index (χ1v) is 4.42. The molecule has 1 aliphatic rings. The van der Waals surface area contributed by atoms with Gasteiger partial charge in [-0.15, -0.1) is 0 Å². The predicted octanol–water partition coefficient (Wildman–Crippen LogP) is 2.94. The number of carbonyl (C=O) groups excluding carboxylic acids is 1. The maximum absolute atomic E-state index is 10.3. The van der Waals surface area contributed by atoms with E-state index in [-0.39, 0.29) is 6.10 Å². The van der Waals surface area contributed by atoms with Crippen molar-refractivity contribution in [1.29, 1.82) is 0 Å². The molecule has 11 heavy (non-hydrogen) atoms. The fourth-order valence-corrected chi connectivity index (χ4v) is 1.60. The Kier molecular flexibility index (Phi) is 3.18. The van der Waals surface area contributed by atoms with E-state index >= 15 is 0 Å². The summed E-state index contributed by atoms with van der Waals surface area (Å²) in [5.74, 6) is 0.778. The maximum atomic E-state index is 10.3. The van der Waals surface area contributed by atoms with Gasteiger partial charge in [-0.2, -0.15) is 0 Å². The molecule has 0 unspecified atom stereocenters. The highest BCUT2D eigenvalue weighted by Crippen LogP contribution is 2.25. The number of hydrogen-bond donors (Lipinski definition) is 0. The molecule has 64 valence electrons. The van der Waals surface area contributed by atoms with Gasteiger partial charge >= 0.3 is 5.43 Å². The van der Waals surface area contributed by atoms with Crippen molar-refractivity contribution in [3.05, 3.63) is 0 Å². The molecule has 0 bridgehead atoms. The second-order valence-corrected chi connectivity index (χ2v) is 3.55. The van der Waals surface area contributed by atoms with Crippen LogP contribution >= 0.6 is 11.6 Å². The van der Waals surface area contributed by atoms with Gasteiger partial charge in [0.2, 0.25) is 0 Å². The lowest BCUT2D eigenvalue weighted by molar-refractivity contribution is 0.0847. The van der Waals surface area contributed by atoms with Crippen molar-refractivity contribution < 1.29 is 9.53 Å². The number of carbonyl (C=O) groups is 1. The molecule has 1 saturated carbocycles. The van der Waals surface area contributed by atoms with Gasteiger partial charge in [0.15, 0.2) is 0 Å². The molecule has 0 spiro atoms. The first kappa shape index (κ1) is 8.85. The fourth-order valence-electron chi connectivity index (χ4n) is 1.48. The molecule has 0 radical (unpaired) electrons. The molecule has 1 fully saturated rings. The van der Waals surface area contributed by atoms with Crippen LogP contribution in [0.1, 0.15) is 32.6 Å². The van der Waals surface area contributed by atoms with E-state index in [1.54, 1.807) is 0 Å². The molecule has 0 saturated heterocycles. The molecule has 0 aliphatic heterocycles. The zero-order chi connectivity index (χ0) is 8.27. The lowest BCUT2D eigenvalue weighted by Gasteiger charge is -2.24. The zero-order valence-corrected chi connectivity index (χ0v) is 7.43. The number of halogens is 1. The van der Waals surface area contributed by atoms with Gasteiger partial charge in [-0.05, 0) is 31.6 Å². The summed E-state index contributed by atoms with van der Waals surface area (Å²) >= 11 is 5.09. The number of rotatable bonds is 1. The van der Waals surface area contributed by atoms with Crippen LogP contribution in [0.4, 0.5) is 4.79 Å². The third kappa shape index (κ3) is 3.10. The predicted molar refractivity (Wildman–Crippen MR) is 43.8 cm³/mol. The summed E-state index contributed by atoms with van der Waals surface area (Å²) in [6, 6.07) is 0. The number of hydrogen-bond acceptors (Lipinski definition) is 2. The third-order valence-corrected chi connectivity index (χ3v) is 2.31. The molecule has 3 heteroatoms. The van der Waals surface area contributed by atoms with Crippen molar-refractivity contribution in [2.24, 2.45) is 5.92 Å². The average molecular weight is 177 g/mol. The molecule has 0 atom stereocenters. The molecule has 0 aromatic rings. The van der Waals surface area contributed by atoms with E-state index in [9.17, 15) is 4.79 Å². The van der Waals surface area contributed by atoms with Gasteiger partial charge in [0, 0.05) is 11.6 Å². The smallest absolute Gasteiger partial charge is 0.404 e. The first-order valence-electron chi connectivity index (χ1n) is 4.04. The van der Waals surface area contributed by atoms with E-state index in [0.717, 1.165) is 31.6 Å². The largest absolute Gasteiger partial charge is 0.450 e. The van der Waals surface area contributed by atoms with Crippen LogP contribution in [-0.4, -0.2) is 11.5 Å². The van der Waals surface area contributed by atoms with E-state index in [4.69, 9.17) is 16.3 Å². The highest BCUT2D eigenvalue weighted by atomic mass is 35.5. The van der Waals surface area contributed by atoms with Crippen molar-refractivity contribution in [3.63, 3.8) is 0 Å². The Balaban J connectivity index is 2.22. The summed E-state index contributed by atoms with van der Waals surface area (Å²) in [7, 11) is 0. The topological polar surface area (TPSA) is 26.3 Å². The summed E-state index contributed by atoms with van der Waals surface area (Å²) in [5, 5.41) is 0. The van der Waals surface area contributed by atoms with Crippen LogP contribution < -0.4 is 0 Å². The molecule has 1 rings (SSSR count). The third-order valence-electron chi connectivity index (χ3n) is 2.22. The number of ether oxygens (including phenoxy) is 1. The Bertz CT molecular complexity index is 139. The Morgan fingerprint density at radius 2 is 1.91 bits per heavy atom. The van der Waals surface area contributed by atoms with Crippen molar-refractivity contribution >= 4 is 17.0 Å².